The molecule has 0 bridgehead atoms. The topological polar surface area (TPSA) is 80.9 Å². The minimum Gasteiger partial charge on any atom is -0.481 e. The number of hydrogen-bond donors (Lipinski definition) is 1. The van der Waals surface area contributed by atoms with E-state index in [0.29, 0.717) is 18.7 Å². The van der Waals surface area contributed by atoms with E-state index in [9.17, 15) is 13.6 Å². The van der Waals surface area contributed by atoms with Crippen LogP contribution in [0.15, 0.2) is 0 Å². The van der Waals surface area contributed by atoms with E-state index in [0.717, 1.165) is 0 Å². The van der Waals surface area contributed by atoms with Gasteiger partial charge in [-0.15, -0.1) is 5.10 Å². The summed E-state index contributed by atoms with van der Waals surface area (Å²) in [4.78, 5) is 10.8. The van der Waals surface area contributed by atoms with Crippen LogP contribution in [0.1, 0.15) is 56.8 Å². The predicted octanol–water partition coefficient (Wildman–Crippen LogP) is 2.00. The largest absolute Gasteiger partial charge is 0.481 e. The number of rotatable bonds is 5. The Bertz CT molecular complexity index is 463. The van der Waals surface area contributed by atoms with Crippen molar-refractivity contribution in [3.05, 3.63) is 5.82 Å². The molecular weight excluding hydrogens is 258 g/mol. The molecular formula is C11H16F2N4O2. The molecule has 1 heterocycles. The third-order valence-corrected chi connectivity index (χ3v) is 3.51. The molecule has 1 aromatic rings. The SMILES string of the molecule is CCC(CC(=O)O)n1nnnc1C1CCC(F)(F)C1. The summed E-state index contributed by atoms with van der Waals surface area (Å²) in [6.07, 6.45) is 0.319. The molecule has 1 saturated carbocycles. The smallest absolute Gasteiger partial charge is 0.305 e. The van der Waals surface area contributed by atoms with Crippen LogP contribution in [-0.4, -0.2) is 37.2 Å². The molecule has 0 saturated heterocycles. The van der Waals surface area contributed by atoms with Crippen molar-refractivity contribution in [2.75, 3.05) is 0 Å². The minimum atomic E-state index is -2.67. The van der Waals surface area contributed by atoms with Crippen molar-refractivity contribution >= 4 is 5.97 Å². The van der Waals surface area contributed by atoms with Gasteiger partial charge in [0.15, 0.2) is 5.82 Å². The van der Waals surface area contributed by atoms with Crippen molar-refractivity contribution in [1.29, 1.82) is 0 Å². The Labute approximate surface area is 108 Å². The maximum atomic E-state index is 13.2. The highest BCUT2D eigenvalue weighted by molar-refractivity contribution is 5.67. The fraction of sp³-hybridized carbons (Fsp3) is 0.818. The summed E-state index contributed by atoms with van der Waals surface area (Å²) in [5, 5.41) is 20.0. The number of alkyl halides is 2. The van der Waals surface area contributed by atoms with Gasteiger partial charge in [-0.3, -0.25) is 4.79 Å². The highest BCUT2D eigenvalue weighted by Gasteiger charge is 2.42. The number of nitrogens with zero attached hydrogens (tertiary/aromatic N) is 4. The highest BCUT2D eigenvalue weighted by Crippen LogP contribution is 2.43. The number of carbonyl (C=O) groups is 1. The Balaban J connectivity index is 2.19. The van der Waals surface area contributed by atoms with E-state index in [2.05, 4.69) is 15.5 Å². The number of hydrogen-bond acceptors (Lipinski definition) is 4. The van der Waals surface area contributed by atoms with E-state index in [-0.39, 0.29) is 19.3 Å². The standard InChI is InChI=1S/C11H16F2N4O2/c1-2-8(5-9(18)19)17-10(14-15-16-17)7-3-4-11(12,13)6-7/h7-8H,2-6H2,1H3,(H,18,19). The van der Waals surface area contributed by atoms with Gasteiger partial charge in [-0.05, 0) is 23.3 Å². The van der Waals surface area contributed by atoms with Gasteiger partial charge in [0.1, 0.15) is 0 Å². The van der Waals surface area contributed by atoms with E-state index < -0.39 is 23.9 Å². The molecule has 1 aliphatic rings. The van der Waals surface area contributed by atoms with Crippen molar-refractivity contribution in [1.82, 2.24) is 20.2 Å². The molecule has 0 amide bonds. The average molecular weight is 274 g/mol. The van der Waals surface area contributed by atoms with Gasteiger partial charge in [0, 0.05) is 18.8 Å². The van der Waals surface area contributed by atoms with Crippen molar-refractivity contribution in [3.8, 4) is 0 Å². The van der Waals surface area contributed by atoms with Crippen LogP contribution in [0, 0.1) is 0 Å². The van der Waals surface area contributed by atoms with E-state index >= 15 is 0 Å². The van der Waals surface area contributed by atoms with Crippen LogP contribution in [0.4, 0.5) is 8.78 Å². The summed E-state index contributed by atoms with van der Waals surface area (Å²) in [6, 6.07) is -0.392. The maximum absolute atomic E-state index is 13.2. The third kappa shape index (κ3) is 3.05. The number of carboxylic acid groups (broad SMARTS) is 1. The summed E-state index contributed by atoms with van der Waals surface area (Å²) in [6.45, 7) is 1.82. The van der Waals surface area contributed by atoms with Crippen LogP contribution in [0.5, 0.6) is 0 Å². The Hall–Kier alpha value is -1.60. The van der Waals surface area contributed by atoms with Crippen LogP contribution < -0.4 is 0 Å². The lowest BCUT2D eigenvalue weighted by molar-refractivity contribution is -0.138. The first-order valence-corrected chi connectivity index (χ1v) is 6.30. The second-order valence-electron chi connectivity index (χ2n) is 4.94. The molecule has 0 aliphatic heterocycles. The molecule has 106 valence electrons. The van der Waals surface area contributed by atoms with E-state index in [4.69, 9.17) is 5.11 Å². The second-order valence-corrected chi connectivity index (χ2v) is 4.94. The predicted molar refractivity (Wildman–Crippen MR) is 60.9 cm³/mol. The molecule has 6 nitrogen and oxygen atoms in total. The van der Waals surface area contributed by atoms with Crippen molar-refractivity contribution in [3.63, 3.8) is 0 Å². The monoisotopic (exact) mass is 274 g/mol. The first-order valence-electron chi connectivity index (χ1n) is 6.30. The van der Waals surface area contributed by atoms with Gasteiger partial charge in [0.25, 0.3) is 0 Å². The molecule has 2 atom stereocenters. The molecule has 1 fully saturated rings. The van der Waals surface area contributed by atoms with Crippen LogP contribution in [0.2, 0.25) is 0 Å². The molecule has 0 aromatic carbocycles. The number of halogens is 2. The Morgan fingerprint density at radius 2 is 2.37 bits per heavy atom. The zero-order valence-electron chi connectivity index (χ0n) is 10.6. The van der Waals surface area contributed by atoms with Crippen molar-refractivity contribution < 1.29 is 18.7 Å². The molecule has 8 heteroatoms. The third-order valence-electron chi connectivity index (χ3n) is 3.51. The molecule has 0 spiro atoms. The lowest BCUT2D eigenvalue weighted by atomic mass is 10.1. The average Bonchev–Trinajstić information content (AvgIpc) is 2.91. The van der Waals surface area contributed by atoms with Crippen molar-refractivity contribution in [2.24, 2.45) is 0 Å². The molecule has 2 unspecified atom stereocenters. The van der Waals surface area contributed by atoms with Gasteiger partial charge >= 0.3 is 5.97 Å². The molecule has 0 radical (unpaired) electrons. The van der Waals surface area contributed by atoms with Gasteiger partial charge in [-0.1, -0.05) is 6.92 Å². The summed E-state index contributed by atoms with van der Waals surface area (Å²) >= 11 is 0. The van der Waals surface area contributed by atoms with Gasteiger partial charge in [0.2, 0.25) is 5.92 Å². The molecule has 19 heavy (non-hydrogen) atoms. The molecule has 1 N–H and O–H groups in total. The highest BCUT2D eigenvalue weighted by atomic mass is 19.3. The number of aromatic nitrogens is 4. The van der Waals surface area contributed by atoms with Crippen LogP contribution in [0.3, 0.4) is 0 Å². The first-order chi connectivity index (χ1) is 8.93. The Morgan fingerprint density at radius 1 is 1.63 bits per heavy atom. The van der Waals surface area contributed by atoms with Gasteiger partial charge in [-0.2, -0.15) is 0 Å². The quantitative estimate of drug-likeness (QED) is 0.888. The Kier molecular flexibility index (Phi) is 3.77. The molecule has 2 rings (SSSR count). The molecule has 1 aromatic heterocycles. The van der Waals surface area contributed by atoms with Gasteiger partial charge < -0.3 is 5.11 Å². The first kappa shape index (κ1) is 13.8. The number of tetrazole rings is 1. The molecule has 1 aliphatic carbocycles. The lowest BCUT2D eigenvalue weighted by Crippen LogP contribution is -2.19. The van der Waals surface area contributed by atoms with E-state index in [1.54, 1.807) is 0 Å². The van der Waals surface area contributed by atoms with Crippen LogP contribution >= 0.6 is 0 Å². The van der Waals surface area contributed by atoms with Crippen molar-refractivity contribution in [2.45, 2.75) is 56.9 Å². The minimum absolute atomic E-state index is 0.113. The summed E-state index contributed by atoms with van der Waals surface area (Å²) in [7, 11) is 0. The summed E-state index contributed by atoms with van der Waals surface area (Å²) < 4.78 is 27.9. The number of carboxylic acids is 1. The number of aliphatic carboxylic acids is 1. The lowest BCUT2D eigenvalue weighted by Gasteiger charge is -2.17. The second kappa shape index (κ2) is 5.18. The van der Waals surface area contributed by atoms with Gasteiger partial charge in [-0.25, -0.2) is 13.5 Å². The fourth-order valence-corrected chi connectivity index (χ4v) is 2.51. The summed E-state index contributed by atoms with van der Waals surface area (Å²) in [5.74, 6) is -3.64. The Morgan fingerprint density at radius 3 is 2.89 bits per heavy atom. The normalized spacial score (nSPS) is 23.4. The van der Waals surface area contributed by atoms with E-state index in [1.165, 1.54) is 4.68 Å². The summed E-state index contributed by atoms with van der Waals surface area (Å²) in [5.41, 5.74) is 0. The van der Waals surface area contributed by atoms with Crippen LogP contribution in [-0.2, 0) is 4.79 Å². The van der Waals surface area contributed by atoms with E-state index in [1.807, 2.05) is 6.92 Å². The van der Waals surface area contributed by atoms with Gasteiger partial charge in [0.05, 0.1) is 12.5 Å². The zero-order chi connectivity index (χ0) is 14.0. The van der Waals surface area contributed by atoms with Crippen LogP contribution in [0.25, 0.3) is 0 Å². The zero-order valence-corrected chi connectivity index (χ0v) is 10.6. The maximum Gasteiger partial charge on any atom is 0.305 e. The fourth-order valence-electron chi connectivity index (χ4n) is 2.51.